The predicted octanol–water partition coefficient (Wildman–Crippen LogP) is 3.41. The first-order valence-corrected chi connectivity index (χ1v) is 12.6. The fraction of sp³-hybridized carbons (Fsp3) is 0.250. The van der Waals surface area contributed by atoms with Crippen molar-refractivity contribution >= 4 is 21.6 Å². The molecule has 0 aliphatic heterocycles. The molecule has 1 aliphatic carbocycles. The minimum Gasteiger partial charge on any atom is -0.468 e. The SMILES string of the molecule is Cc1ccc(S(=O)(=O)N(CC(=O)Nc2cccc(-c3nnnn3C3CC3)c2)Cc2ccco2)cc1. The van der Waals surface area contributed by atoms with E-state index in [1.165, 1.54) is 18.4 Å². The lowest BCUT2D eigenvalue weighted by atomic mass is 10.2. The van der Waals surface area contributed by atoms with Gasteiger partial charge in [-0.25, -0.2) is 13.1 Å². The molecule has 1 fully saturated rings. The number of aryl methyl sites for hydroxylation is 1. The van der Waals surface area contributed by atoms with Gasteiger partial charge in [0.25, 0.3) is 0 Å². The summed E-state index contributed by atoms with van der Waals surface area (Å²) in [6.07, 6.45) is 3.54. The molecule has 0 bridgehead atoms. The van der Waals surface area contributed by atoms with Crippen molar-refractivity contribution in [1.29, 1.82) is 0 Å². The third-order valence-corrected chi connectivity index (χ3v) is 7.49. The first kappa shape index (κ1) is 22.9. The molecule has 1 amide bonds. The fourth-order valence-corrected chi connectivity index (χ4v) is 5.07. The second-order valence-corrected chi connectivity index (χ2v) is 10.4. The molecule has 10 nitrogen and oxygen atoms in total. The van der Waals surface area contributed by atoms with Crippen molar-refractivity contribution in [2.45, 2.75) is 37.2 Å². The molecule has 4 aromatic rings. The highest BCUT2D eigenvalue weighted by Crippen LogP contribution is 2.36. The van der Waals surface area contributed by atoms with Gasteiger partial charge in [-0.1, -0.05) is 29.8 Å². The lowest BCUT2D eigenvalue weighted by molar-refractivity contribution is -0.116. The summed E-state index contributed by atoms with van der Waals surface area (Å²) in [5, 5.41) is 14.8. The van der Waals surface area contributed by atoms with Crippen LogP contribution in [-0.4, -0.2) is 45.4 Å². The Kier molecular flexibility index (Phi) is 6.18. The Morgan fingerprint density at radius 1 is 1.14 bits per heavy atom. The zero-order chi connectivity index (χ0) is 24.4. The van der Waals surface area contributed by atoms with Gasteiger partial charge in [0.05, 0.1) is 30.3 Å². The summed E-state index contributed by atoms with van der Waals surface area (Å²) in [5.74, 6) is 0.582. The number of amides is 1. The summed E-state index contributed by atoms with van der Waals surface area (Å²) in [4.78, 5) is 13.1. The Hall–Kier alpha value is -3.83. The van der Waals surface area contributed by atoms with Gasteiger partial charge in [0.15, 0.2) is 5.82 Å². The number of anilines is 1. The van der Waals surface area contributed by atoms with E-state index in [1.54, 1.807) is 47.1 Å². The molecule has 1 N–H and O–H groups in total. The van der Waals surface area contributed by atoms with Crippen LogP contribution in [-0.2, 0) is 21.4 Å². The maximum Gasteiger partial charge on any atom is 0.243 e. The van der Waals surface area contributed by atoms with Gasteiger partial charge in [-0.15, -0.1) is 5.10 Å². The van der Waals surface area contributed by atoms with Crippen LogP contribution in [0, 0.1) is 6.92 Å². The standard InChI is InChI=1S/C24H24N6O4S/c1-17-7-11-22(12-8-17)35(32,33)29(15-21-6-3-13-34-21)16-23(31)25-19-5-2-4-18(14-19)24-26-27-28-30(24)20-9-10-20/h2-8,11-14,20H,9-10,15-16H2,1H3,(H,25,31). The van der Waals surface area contributed by atoms with E-state index < -0.39 is 15.9 Å². The second-order valence-electron chi connectivity index (χ2n) is 8.47. The Labute approximate surface area is 202 Å². The van der Waals surface area contributed by atoms with Gasteiger partial charge in [0.1, 0.15) is 5.76 Å². The lowest BCUT2D eigenvalue weighted by Crippen LogP contribution is -2.37. The maximum atomic E-state index is 13.4. The van der Waals surface area contributed by atoms with Gasteiger partial charge >= 0.3 is 0 Å². The minimum atomic E-state index is -3.95. The molecule has 0 unspecified atom stereocenters. The molecule has 1 saturated carbocycles. The average Bonchev–Trinajstić information content (AvgIpc) is 3.33. The number of rotatable bonds is 9. The molecule has 5 rings (SSSR count). The van der Waals surface area contributed by atoms with Gasteiger partial charge < -0.3 is 9.73 Å². The smallest absolute Gasteiger partial charge is 0.243 e. The van der Waals surface area contributed by atoms with Gasteiger partial charge in [0.2, 0.25) is 15.9 Å². The number of hydrogen-bond donors (Lipinski definition) is 1. The average molecular weight is 493 g/mol. The Balaban J connectivity index is 1.36. The van der Waals surface area contributed by atoms with Crippen molar-refractivity contribution in [3.05, 3.63) is 78.3 Å². The number of sulfonamides is 1. The first-order valence-electron chi connectivity index (χ1n) is 11.2. The molecule has 0 saturated heterocycles. The quantitative estimate of drug-likeness (QED) is 0.380. The maximum absolute atomic E-state index is 13.4. The van der Waals surface area contributed by atoms with E-state index in [-0.39, 0.29) is 18.0 Å². The largest absolute Gasteiger partial charge is 0.468 e. The van der Waals surface area contributed by atoms with Crippen LogP contribution in [0.3, 0.4) is 0 Å². The molecule has 1 aliphatic rings. The number of benzene rings is 2. The molecule has 0 radical (unpaired) electrons. The predicted molar refractivity (Wildman–Crippen MR) is 128 cm³/mol. The number of hydrogen-bond acceptors (Lipinski definition) is 7. The molecule has 0 spiro atoms. The molecular weight excluding hydrogens is 468 g/mol. The van der Waals surface area contributed by atoms with Crippen LogP contribution in [0.2, 0.25) is 0 Å². The van der Waals surface area contributed by atoms with Crippen molar-refractivity contribution < 1.29 is 17.6 Å². The summed E-state index contributed by atoms with van der Waals surface area (Å²) in [5.41, 5.74) is 2.22. The highest BCUT2D eigenvalue weighted by molar-refractivity contribution is 7.89. The molecule has 35 heavy (non-hydrogen) atoms. The highest BCUT2D eigenvalue weighted by atomic mass is 32.2. The van der Waals surface area contributed by atoms with Crippen molar-refractivity contribution in [1.82, 2.24) is 24.5 Å². The van der Waals surface area contributed by atoms with Gasteiger partial charge in [0, 0.05) is 11.3 Å². The zero-order valence-electron chi connectivity index (χ0n) is 19.0. The Morgan fingerprint density at radius 3 is 2.66 bits per heavy atom. The molecule has 2 aromatic heterocycles. The Bertz CT molecular complexity index is 1430. The summed E-state index contributed by atoms with van der Waals surface area (Å²) < 4.78 is 34.9. The van der Waals surface area contributed by atoms with Crippen LogP contribution in [0.5, 0.6) is 0 Å². The van der Waals surface area contributed by atoms with Gasteiger partial charge in [-0.3, -0.25) is 4.79 Å². The molecule has 0 atom stereocenters. The number of furan rings is 1. The highest BCUT2D eigenvalue weighted by Gasteiger charge is 2.29. The van der Waals surface area contributed by atoms with Gasteiger partial charge in [-0.2, -0.15) is 4.31 Å². The third-order valence-electron chi connectivity index (χ3n) is 5.68. The second kappa shape index (κ2) is 9.43. The van der Waals surface area contributed by atoms with E-state index in [2.05, 4.69) is 20.8 Å². The molecule has 180 valence electrons. The summed E-state index contributed by atoms with van der Waals surface area (Å²) >= 11 is 0. The number of carbonyl (C=O) groups excluding carboxylic acids is 1. The van der Waals surface area contributed by atoms with Crippen molar-refractivity contribution in [2.75, 3.05) is 11.9 Å². The van der Waals surface area contributed by atoms with E-state index in [9.17, 15) is 13.2 Å². The van der Waals surface area contributed by atoms with Crippen molar-refractivity contribution in [3.8, 4) is 11.4 Å². The van der Waals surface area contributed by atoms with E-state index >= 15 is 0 Å². The van der Waals surface area contributed by atoms with Crippen LogP contribution in [0.25, 0.3) is 11.4 Å². The van der Waals surface area contributed by atoms with E-state index in [0.29, 0.717) is 23.3 Å². The van der Waals surface area contributed by atoms with Crippen LogP contribution < -0.4 is 5.32 Å². The number of nitrogens with one attached hydrogen (secondary N) is 1. The van der Waals surface area contributed by atoms with Crippen LogP contribution in [0.15, 0.2) is 76.2 Å². The topological polar surface area (TPSA) is 123 Å². The van der Waals surface area contributed by atoms with Crippen LogP contribution in [0.1, 0.15) is 30.2 Å². The molecule has 2 aromatic carbocycles. The zero-order valence-corrected chi connectivity index (χ0v) is 19.9. The fourth-order valence-electron chi connectivity index (χ4n) is 3.71. The number of carbonyl (C=O) groups is 1. The Morgan fingerprint density at radius 2 is 1.94 bits per heavy atom. The molecule has 2 heterocycles. The number of aromatic nitrogens is 4. The van der Waals surface area contributed by atoms with E-state index in [4.69, 9.17) is 4.42 Å². The third kappa shape index (κ3) is 5.15. The normalized spacial score (nSPS) is 13.8. The summed E-state index contributed by atoms with van der Waals surface area (Å²) in [6.45, 7) is 1.41. The molecular formula is C24H24N6O4S. The van der Waals surface area contributed by atoms with Crippen molar-refractivity contribution in [2.24, 2.45) is 0 Å². The first-order chi connectivity index (χ1) is 16.9. The molecule has 11 heteroatoms. The lowest BCUT2D eigenvalue weighted by Gasteiger charge is -2.21. The number of tetrazole rings is 1. The van der Waals surface area contributed by atoms with Crippen LogP contribution >= 0.6 is 0 Å². The minimum absolute atomic E-state index is 0.0766. The van der Waals surface area contributed by atoms with Crippen molar-refractivity contribution in [3.63, 3.8) is 0 Å². The van der Waals surface area contributed by atoms with Gasteiger partial charge in [-0.05, 0) is 66.6 Å². The monoisotopic (exact) mass is 492 g/mol. The van der Waals surface area contributed by atoms with E-state index in [0.717, 1.165) is 28.3 Å². The number of nitrogens with zero attached hydrogens (tertiary/aromatic N) is 5. The summed E-state index contributed by atoms with van der Waals surface area (Å²) in [7, 11) is -3.95. The summed E-state index contributed by atoms with van der Waals surface area (Å²) in [6, 6.07) is 17.3. The van der Waals surface area contributed by atoms with E-state index in [1.807, 2.05) is 13.0 Å². The van der Waals surface area contributed by atoms with Crippen LogP contribution in [0.4, 0.5) is 5.69 Å².